The van der Waals surface area contributed by atoms with Gasteiger partial charge in [-0.1, -0.05) is 0 Å². The fourth-order valence-corrected chi connectivity index (χ4v) is 5.20. The molecule has 4 heterocycles. The molecule has 0 N–H and O–H groups in total. The molecule has 0 saturated carbocycles. The SMILES string of the molecule is COC(=O)c1cc(-c2csc3c(=O)cc(N4CCN(C(=O)OC(C)(C)C)CC4)oc23)cc2c1OCCO2. The van der Waals surface area contributed by atoms with Crippen molar-refractivity contribution in [2.24, 2.45) is 0 Å². The molecule has 5 rings (SSSR count). The molecule has 196 valence electrons. The van der Waals surface area contributed by atoms with Crippen molar-refractivity contribution in [1.82, 2.24) is 4.90 Å². The van der Waals surface area contributed by atoms with E-state index >= 15 is 0 Å². The van der Waals surface area contributed by atoms with Gasteiger partial charge in [-0.05, 0) is 38.5 Å². The molecule has 0 spiro atoms. The Bertz CT molecular complexity index is 1410. The van der Waals surface area contributed by atoms with Gasteiger partial charge in [0.15, 0.2) is 23.0 Å². The highest BCUT2D eigenvalue weighted by atomic mass is 32.1. The number of fused-ring (bicyclic) bond motifs is 2. The molecule has 2 aliphatic rings. The molecule has 11 heteroatoms. The van der Waals surface area contributed by atoms with Gasteiger partial charge in [0.1, 0.15) is 29.1 Å². The summed E-state index contributed by atoms with van der Waals surface area (Å²) in [6.07, 6.45) is -0.357. The number of ether oxygens (including phenoxy) is 4. The minimum Gasteiger partial charge on any atom is -0.486 e. The van der Waals surface area contributed by atoms with E-state index in [4.69, 9.17) is 23.4 Å². The number of amides is 1. The first-order valence-electron chi connectivity index (χ1n) is 11.9. The standard InChI is InChI=1S/C26H28N2O8S/c1-26(2,3)36-25(31)28-7-5-27(6-8-28)20-13-18(29)23-22(35-20)17(14-37-23)15-11-16(24(30)32-4)21-19(12-15)33-9-10-34-21/h11-14H,5-10H2,1-4H3. The lowest BCUT2D eigenvalue weighted by molar-refractivity contribution is 0.0239. The molecular weight excluding hydrogens is 500 g/mol. The Morgan fingerprint density at radius 1 is 1.03 bits per heavy atom. The summed E-state index contributed by atoms with van der Waals surface area (Å²) in [4.78, 5) is 41.5. The third kappa shape index (κ3) is 4.95. The van der Waals surface area contributed by atoms with Crippen molar-refractivity contribution in [3.05, 3.63) is 39.4 Å². The smallest absolute Gasteiger partial charge is 0.410 e. The van der Waals surface area contributed by atoms with Gasteiger partial charge in [-0.3, -0.25) is 4.79 Å². The van der Waals surface area contributed by atoms with Gasteiger partial charge in [0.25, 0.3) is 0 Å². The molecule has 10 nitrogen and oxygen atoms in total. The molecular formula is C26H28N2O8S. The molecule has 0 atom stereocenters. The Labute approximate surface area is 217 Å². The average Bonchev–Trinajstić information content (AvgIpc) is 3.31. The second kappa shape index (κ2) is 9.62. The number of piperazine rings is 1. The predicted octanol–water partition coefficient (Wildman–Crippen LogP) is 4.14. The van der Waals surface area contributed by atoms with Crippen molar-refractivity contribution in [3.63, 3.8) is 0 Å². The van der Waals surface area contributed by atoms with Crippen molar-refractivity contribution in [2.75, 3.05) is 51.4 Å². The number of nitrogens with zero attached hydrogens (tertiary/aromatic N) is 2. The maximum Gasteiger partial charge on any atom is 0.410 e. The highest BCUT2D eigenvalue weighted by molar-refractivity contribution is 7.17. The van der Waals surface area contributed by atoms with Gasteiger partial charge >= 0.3 is 12.1 Å². The van der Waals surface area contributed by atoms with Gasteiger partial charge in [0.2, 0.25) is 5.43 Å². The highest BCUT2D eigenvalue weighted by Gasteiger charge is 2.28. The Balaban J connectivity index is 1.46. The maximum absolute atomic E-state index is 13.0. The van der Waals surface area contributed by atoms with Crippen LogP contribution in [-0.4, -0.2) is 69.1 Å². The minimum absolute atomic E-state index is 0.159. The summed E-state index contributed by atoms with van der Waals surface area (Å²) in [5, 5.41) is 1.83. The number of carbonyl (C=O) groups is 2. The second-order valence-corrected chi connectivity index (χ2v) is 10.6. The van der Waals surface area contributed by atoms with Crippen LogP contribution < -0.4 is 19.8 Å². The Kier molecular flexibility index (Phi) is 6.49. The quantitative estimate of drug-likeness (QED) is 0.464. The van der Waals surface area contributed by atoms with E-state index in [0.29, 0.717) is 78.2 Å². The number of esters is 1. The normalized spacial score (nSPS) is 15.6. The van der Waals surface area contributed by atoms with E-state index in [1.165, 1.54) is 24.5 Å². The van der Waals surface area contributed by atoms with Crippen LogP contribution in [0.15, 0.2) is 32.8 Å². The zero-order chi connectivity index (χ0) is 26.3. The number of hydrogen-bond donors (Lipinski definition) is 0. The molecule has 1 amide bonds. The van der Waals surface area contributed by atoms with Crippen LogP contribution in [0.2, 0.25) is 0 Å². The molecule has 0 bridgehead atoms. The lowest BCUT2D eigenvalue weighted by Crippen LogP contribution is -2.50. The first kappa shape index (κ1) is 24.9. The first-order valence-corrected chi connectivity index (χ1v) is 12.8. The Morgan fingerprint density at radius 2 is 1.76 bits per heavy atom. The predicted molar refractivity (Wildman–Crippen MR) is 138 cm³/mol. The van der Waals surface area contributed by atoms with E-state index in [9.17, 15) is 14.4 Å². The van der Waals surface area contributed by atoms with Gasteiger partial charge in [-0.25, -0.2) is 9.59 Å². The van der Waals surface area contributed by atoms with Gasteiger partial charge < -0.3 is 33.2 Å². The second-order valence-electron chi connectivity index (χ2n) is 9.75. The average molecular weight is 529 g/mol. The van der Waals surface area contributed by atoms with Crippen molar-refractivity contribution >= 4 is 39.6 Å². The number of carbonyl (C=O) groups excluding carboxylic acids is 2. The Morgan fingerprint density at radius 3 is 2.46 bits per heavy atom. The van der Waals surface area contributed by atoms with Crippen LogP contribution in [-0.2, 0) is 9.47 Å². The van der Waals surface area contributed by atoms with Crippen molar-refractivity contribution in [2.45, 2.75) is 26.4 Å². The number of methoxy groups -OCH3 is 1. The topological polar surface area (TPSA) is 108 Å². The summed E-state index contributed by atoms with van der Waals surface area (Å²) in [7, 11) is 1.30. The van der Waals surface area contributed by atoms with Crippen molar-refractivity contribution in [1.29, 1.82) is 0 Å². The molecule has 1 fully saturated rings. The van der Waals surface area contributed by atoms with Gasteiger partial charge in [-0.2, -0.15) is 0 Å². The molecule has 0 radical (unpaired) electrons. The van der Waals surface area contributed by atoms with E-state index in [0.717, 1.165) is 0 Å². The van der Waals surface area contributed by atoms with Gasteiger partial charge in [-0.15, -0.1) is 11.3 Å². The summed E-state index contributed by atoms with van der Waals surface area (Å²) in [5.74, 6) is 0.645. The molecule has 2 aliphatic heterocycles. The molecule has 0 unspecified atom stereocenters. The van der Waals surface area contributed by atoms with E-state index in [2.05, 4.69) is 0 Å². The zero-order valence-corrected chi connectivity index (χ0v) is 21.9. The third-order valence-corrected chi connectivity index (χ3v) is 7.01. The van der Waals surface area contributed by atoms with E-state index in [1.807, 2.05) is 31.1 Å². The summed E-state index contributed by atoms with van der Waals surface area (Å²) in [6.45, 7) is 8.05. The minimum atomic E-state index is -0.566. The number of rotatable bonds is 3. The van der Waals surface area contributed by atoms with Crippen LogP contribution in [0.25, 0.3) is 21.4 Å². The van der Waals surface area contributed by atoms with Crippen LogP contribution in [0, 0.1) is 0 Å². The maximum atomic E-state index is 13.0. The van der Waals surface area contributed by atoms with Crippen LogP contribution >= 0.6 is 11.3 Å². The lowest BCUT2D eigenvalue weighted by atomic mass is 10.0. The molecule has 3 aromatic rings. The monoisotopic (exact) mass is 528 g/mol. The molecule has 1 saturated heterocycles. The van der Waals surface area contributed by atoms with Crippen LogP contribution in [0.4, 0.5) is 10.7 Å². The summed E-state index contributed by atoms with van der Waals surface area (Å²) in [6, 6.07) is 4.91. The lowest BCUT2D eigenvalue weighted by Gasteiger charge is -2.35. The Hall–Kier alpha value is -3.73. The van der Waals surface area contributed by atoms with Crippen LogP contribution in [0.5, 0.6) is 11.5 Å². The molecule has 1 aromatic carbocycles. The number of thiophene rings is 1. The number of anilines is 1. The van der Waals surface area contributed by atoms with E-state index < -0.39 is 11.6 Å². The first-order chi connectivity index (χ1) is 17.6. The highest BCUT2D eigenvalue weighted by Crippen LogP contribution is 2.42. The third-order valence-electron chi connectivity index (χ3n) is 6.03. The molecule has 2 aromatic heterocycles. The summed E-state index contributed by atoms with van der Waals surface area (Å²) >= 11 is 1.28. The number of hydrogen-bond acceptors (Lipinski definition) is 10. The zero-order valence-electron chi connectivity index (χ0n) is 21.1. The number of benzene rings is 1. The van der Waals surface area contributed by atoms with Crippen LogP contribution in [0.1, 0.15) is 31.1 Å². The largest absolute Gasteiger partial charge is 0.486 e. The van der Waals surface area contributed by atoms with Crippen molar-refractivity contribution < 1.29 is 33.0 Å². The fraction of sp³-hybridized carbons (Fsp3) is 0.423. The fourth-order valence-electron chi connectivity index (χ4n) is 4.29. The van der Waals surface area contributed by atoms with E-state index in [-0.39, 0.29) is 17.1 Å². The summed E-state index contributed by atoms with van der Waals surface area (Å²) in [5.41, 5.74) is 1.25. The summed E-state index contributed by atoms with van der Waals surface area (Å²) < 4.78 is 28.6. The molecule has 37 heavy (non-hydrogen) atoms. The molecule has 0 aliphatic carbocycles. The van der Waals surface area contributed by atoms with Crippen molar-refractivity contribution in [3.8, 4) is 22.6 Å². The van der Waals surface area contributed by atoms with Gasteiger partial charge in [0, 0.05) is 43.2 Å². The van der Waals surface area contributed by atoms with Crippen LogP contribution in [0.3, 0.4) is 0 Å². The van der Waals surface area contributed by atoms with Gasteiger partial charge in [0.05, 0.1) is 7.11 Å². The van der Waals surface area contributed by atoms with E-state index in [1.54, 1.807) is 17.0 Å².